The maximum absolute atomic E-state index is 14.3. The molecule has 6 nitrogen and oxygen atoms in total. The van der Waals surface area contributed by atoms with Gasteiger partial charge < -0.3 is 19.3 Å². The third-order valence-electron chi connectivity index (χ3n) is 6.84. The molecule has 36 heavy (non-hydrogen) atoms. The molecule has 0 unspecified atom stereocenters. The summed E-state index contributed by atoms with van der Waals surface area (Å²) in [6.07, 6.45) is 0.860. The second-order valence-corrected chi connectivity index (χ2v) is 9.76. The number of carboxylic acids is 1. The fourth-order valence-corrected chi connectivity index (χ4v) is 5.07. The highest BCUT2D eigenvalue weighted by Gasteiger charge is 2.52. The van der Waals surface area contributed by atoms with Crippen molar-refractivity contribution in [2.75, 3.05) is 20.2 Å². The Hall–Kier alpha value is -2.94. The maximum Gasteiger partial charge on any atom is 0.339 e. The van der Waals surface area contributed by atoms with Crippen LogP contribution in [0, 0.1) is 6.92 Å². The zero-order valence-electron chi connectivity index (χ0n) is 19.9. The molecule has 4 rings (SSSR count). The second-order valence-electron chi connectivity index (χ2n) is 8.98. The molecule has 0 radical (unpaired) electrons. The number of amides is 1. The highest BCUT2D eigenvalue weighted by atomic mass is 35.5. The summed E-state index contributed by atoms with van der Waals surface area (Å²) in [6.45, 7) is 4.79. The lowest BCUT2D eigenvalue weighted by molar-refractivity contribution is -0.179. The van der Waals surface area contributed by atoms with Crippen LogP contribution in [0.25, 0.3) is 10.9 Å². The molecule has 0 saturated carbocycles. The number of aromatic nitrogens is 1. The van der Waals surface area contributed by atoms with E-state index in [4.69, 9.17) is 27.9 Å². The number of aryl methyl sites for hydroxylation is 2. The molecule has 1 amide bonds. The van der Waals surface area contributed by atoms with Crippen LogP contribution in [0.2, 0.25) is 10.0 Å². The molecule has 1 aliphatic rings. The molecule has 0 aliphatic carbocycles. The van der Waals surface area contributed by atoms with E-state index in [9.17, 15) is 23.5 Å². The van der Waals surface area contributed by atoms with E-state index in [0.717, 1.165) is 11.1 Å². The summed E-state index contributed by atoms with van der Waals surface area (Å²) in [5.41, 5.74) is 1.17. The van der Waals surface area contributed by atoms with Gasteiger partial charge in [0, 0.05) is 47.8 Å². The van der Waals surface area contributed by atoms with Crippen LogP contribution in [0.4, 0.5) is 8.78 Å². The van der Waals surface area contributed by atoms with Crippen molar-refractivity contribution in [1.82, 2.24) is 9.47 Å². The number of hydrogen-bond acceptors (Lipinski definition) is 3. The van der Waals surface area contributed by atoms with E-state index in [0.29, 0.717) is 27.7 Å². The summed E-state index contributed by atoms with van der Waals surface area (Å²) >= 11 is 13.1. The number of carbonyl (C=O) groups excluding carboxylic acids is 1. The van der Waals surface area contributed by atoms with Gasteiger partial charge in [-0.2, -0.15) is 8.78 Å². The fraction of sp³-hybridized carbons (Fsp3) is 0.308. The molecular weight excluding hydrogens is 513 g/mol. The molecule has 1 N–H and O–H groups in total. The van der Waals surface area contributed by atoms with Gasteiger partial charge in [0.1, 0.15) is 0 Å². The van der Waals surface area contributed by atoms with E-state index in [1.54, 1.807) is 24.6 Å². The van der Waals surface area contributed by atoms with Gasteiger partial charge in [-0.3, -0.25) is 4.79 Å². The SMILES string of the molecule is C=CC(F)(F)c1cc(C)c2cc(Cc3c(Cl)ccc(C(=O)N4CC(OC)(C(=O)O)C4)c3Cl)n(C)c2c1. The van der Waals surface area contributed by atoms with Gasteiger partial charge in [-0.05, 0) is 54.5 Å². The zero-order chi connectivity index (χ0) is 26.6. The molecule has 1 aromatic heterocycles. The Labute approximate surface area is 216 Å². The normalized spacial score (nSPS) is 15.1. The predicted molar refractivity (Wildman–Crippen MR) is 134 cm³/mol. The van der Waals surface area contributed by atoms with Crippen molar-refractivity contribution in [2.45, 2.75) is 24.9 Å². The molecule has 0 spiro atoms. The summed E-state index contributed by atoms with van der Waals surface area (Å²) in [5.74, 6) is -4.74. The average molecular weight is 537 g/mol. The lowest BCUT2D eigenvalue weighted by Crippen LogP contribution is -2.68. The molecular formula is C26H24Cl2F2N2O4. The number of aliphatic carboxylic acids is 1. The van der Waals surface area contributed by atoms with Gasteiger partial charge >= 0.3 is 5.97 Å². The van der Waals surface area contributed by atoms with Crippen molar-refractivity contribution in [1.29, 1.82) is 0 Å². The molecule has 10 heteroatoms. The molecule has 190 valence electrons. The van der Waals surface area contributed by atoms with E-state index >= 15 is 0 Å². The summed E-state index contributed by atoms with van der Waals surface area (Å²) < 4.78 is 35.4. The number of rotatable bonds is 7. The van der Waals surface area contributed by atoms with Gasteiger partial charge in [-0.15, -0.1) is 0 Å². The minimum atomic E-state index is -3.16. The Bertz CT molecular complexity index is 1410. The molecule has 2 heterocycles. The Kier molecular flexibility index (Phi) is 6.66. The quantitative estimate of drug-likeness (QED) is 0.399. The van der Waals surface area contributed by atoms with Crippen molar-refractivity contribution in [2.24, 2.45) is 7.05 Å². The van der Waals surface area contributed by atoms with Crippen LogP contribution >= 0.6 is 23.2 Å². The van der Waals surface area contributed by atoms with Gasteiger partial charge in [0.25, 0.3) is 11.8 Å². The lowest BCUT2D eigenvalue weighted by atomic mass is 9.92. The van der Waals surface area contributed by atoms with E-state index in [1.165, 1.54) is 30.2 Å². The molecule has 1 saturated heterocycles. The van der Waals surface area contributed by atoms with E-state index in [1.807, 2.05) is 6.07 Å². The molecule has 3 aromatic rings. The Morgan fingerprint density at radius 2 is 1.92 bits per heavy atom. The third-order valence-corrected chi connectivity index (χ3v) is 7.63. The molecule has 0 bridgehead atoms. The van der Waals surface area contributed by atoms with E-state index in [-0.39, 0.29) is 35.7 Å². The predicted octanol–water partition coefficient (Wildman–Crippen LogP) is 5.59. The van der Waals surface area contributed by atoms with Gasteiger partial charge in [0.05, 0.1) is 23.7 Å². The van der Waals surface area contributed by atoms with Gasteiger partial charge in [-0.25, -0.2) is 4.79 Å². The van der Waals surface area contributed by atoms with Crippen LogP contribution < -0.4 is 0 Å². The first-order valence-corrected chi connectivity index (χ1v) is 11.8. The van der Waals surface area contributed by atoms with E-state index in [2.05, 4.69) is 6.58 Å². The topological polar surface area (TPSA) is 71.8 Å². The smallest absolute Gasteiger partial charge is 0.339 e. The summed E-state index contributed by atoms with van der Waals surface area (Å²) in [5, 5.41) is 10.7. The maximum atomic E-state index is 14.3. The van der Waals surface area contributed by atoms with Crippen molar-refractivity contribution in [3.8, 4) is 0 Å². The van der Waals surface area contributed by atoms with Crippen LogP contribution in [-0.2, 0) is 28.9 Å². The zero-order valence-corrected chi connectivity index (χ0v) is 21.4. The highest BCUT2D eigenvalue weighted by molar-refractivity contribution is 6.38. The van der Waals surface area contributed by atoms with Crippen molar-refractivity contribution in [3.63, 3.8) is 0 Å². The average Bonchev–Trinajstić information content (AvgIpc) is 3.12. The lowest BCUT2D eigenvalue weighted by Gasteiger charge is -2.45. The molecule has 1 aliphatic heterocycles. The van der Waals surface area contributed by atoms with Crippen molar-refractivity contribution in [3.05, 3.63) is 81.0 Å². The Balaban J connectivity index is 1.68. The second kappa shape index (κ2) is 9.18. The number of carboxylic acid groups (broad SMARTS) is 1. The monoisotopic (exact) mass is 536 g/mol. The first kappa shape index (κ1) is 26.1. The highest BCUT2D eigenvalue weighted by Crippen LogP contribution is 2.37. The van der Waals surface area contributed by atoms with Crippen LogP contribution in [0.3, 0.4) is 0 Å². The number of likely N-dealkylation sites (tertiary alicyclic amines) is 1. The number of alkyl halides is 2. The van der Waals surface area contributed by atoms with Gasteiger partial charge in [0.15, 0.2) is 5.60 Å². The Morgan fingerprint density at radius 3 is 2.50 bits per heavy atom. The summed E-state index contributed by atoms with van der Waals surface area (Å²) in [4.78, 5) is 25.9. The van der Waals surface area contributed by atoms with Gasteiger partial charge in [-0.1, -0.05) is 29.8 Å². The Morgan fingerprint density at radius 1 is 1.25 bits per heavy atom. The molecule has 2 aromatic carbocycles. The van der Waals surface area contributed by atoms with Crippen LogP contribution in [0.15, 0.2) is 43.0 Å². The number of nitrogens with zero attached hydrogens (tertiary/aromatic N) is 2. The number of halogens is 4. The molecule has 1 fully saturated rings. The first-order chi connectivity index (χ1) is 16.8. The third kappa shape index (κ3) is 4.17. The van der Waals surface area contributed by atoms with Crippen LogP contribution in [0.5, 0.6) is 0 Å². The number of methoxy groups -OCH3 is 1. The minimum Gasteiger partial charge on any atom is -0.479 e. The fourth-order valence-electron chi connectivity index (χ4n) is 4.48. The number of benzene rings is 2. The van der Waals surface area contributed by atoms with Crippen LogP contribution in [-0.4, -0.2) is 52.3 Å². The summed E-state index contributed by atoms with van der Waals surface area (Å²) in [6, 6.07) is 7.83. The summed E-state index contributed by atoms with van der Waals surface area (Å²) in [7, 11) is 3.05. The van der Waals surface area contributed by atoms with Gasteiger partial charge in [0.2, 0.25) is 0 Å². The standard InChI is InChI=1S/C26H24Cl2F2N2O4/c1-5-26(29,30)15-8-14(2)18-10-16(31(3)21(18)9-15)11-19-20(27)7-6-17(22(19)28)23(33)32-12-25(13-32,36-4)24(34)35/h5-10H,1,11-13H2,2-4H3,(H,34,35). The largest absolute Gasteiger partial charge is 0.479 e. The van der Waals surface area contributed by atoms with Crippen molar-refractivity contribution < 1.29 is 28.2 Å². The first-order valence-electron chi connectivity index (χ1n) is 11.0. The molecule has 0 atom stereocenters. The number of ether oxygens (including phenoxy) is 1. The minimum absolute atomic E-state index is 0.105. The number of carbonyl (C=O) groups is 2. The number of hydrogen-bond donors (Lipinski definition) is 1. The number of fused-ring (bicyclic) bond motifs is 1. The van der Waals surface area contributed by atoms with Crippen molar-refractivity contribution >= 4 is 46.0 Å². The van der Waals surface area contributed by atoms with Crippen LogP contribution in [0.1, 0.15) is 32.7 Å². The van der Waals surface area contributed by atoms with E-state index < -0.39 is 23.4 Å². The number of allylic oxidation sites excluding steroid dienone is 1.